The van der Waals surface area contributed by atoms with E-state index in [0.717, 1.165) is 17.3 Å². The highest BCUT2D eigenvalue weighted by Crippen LogP contribution is 2.16. The zero-order valence-corrected chi connectivity index (χ0v) is 8.38. The number of rotatable bonds is 4. The number of halogens is 1. The Balaban J connectivity index is 2.46. The third kappa shape index (κ3) is 2.93. The minimum atomic E-state index is 0.612. The lowest BCUT2D eigenvalue weighted by atomic mass is 10.1. The Morgan fingerprint density at radius 3 is 2.75 bits per heavy atom. The van der Waals surface area contributed by atoms with Crippen LogP contribution in [0.4, 0.5) is 0 Å². The van der Waals surface area contributed by atoms with Gasteiger partial charge in [0.1, 0.15) is 0 Å². The second-order valence-corrected chi connectivity index (χ2v) is 3.42. The average molecular weight is 230 g/mol. The van der Waals surface area contributed by atoms with Gasteiger partial charge in [-0.15, -0.1) is 0 Å². The molecule has 0 heterocycles. The number of benzene rings is 1. The molecule has 0 aromatic heterocycles. The van der Waals surface area contributed by atoms with Gasteiger partial charge in [-0.3, -0.25) is 0 Å². The lowest BCUT2D eigenvalue weighted by Crippen LogP contribution is -2.02. The fourth-order valence-electron chi connectivity index (χ4n) is 1.05. The van der Waals surface area contributed by atoms with E-state index in [9.17, 15) is 0 Å². The zero-order chi connectivity index (χ0) is 8.81. The Morgan fingerprint density at radius 2 is 2.08 bits per heavy atom. The van der Waals surface area contributed by atoms with Crippen LogP contribution in [-0.2, 0) is 11.3 Å². The molecule has 0 fully saturated rings. The highest BCUT2D eigenvalue weighted by atomic mass is 79.9. The quantitative estimate of drug-likeness (QED) is 0.636. The second-order valence-electron chi connectivity index (χ2n) is 2.57. The molecule has 12 heavy (non-hydrogen) atoms. The third-order valence-electron chi connectivity index (χ3n) is 1.67. The van der Waals surface area contributed by atoms with E-state index < -0.39 is 0 Å². The Kier molecular flexibility index (Phi) is 4.29. The maximum atomic E-state index is 4.92. The summed E-state index contributed by atoms with van der Waals surface area (Å²) in [6.45, 7) is 0.612. The van der Waals surface area contributed by atoms with E-state index in [2.05, 4.69) is 26.8 Å². The van der Waals surface area contributed by atoms with Gasteiger partial charge in [0, 0.05) is 4.47 Å². The Labute approximate surface area is 80.8 Å². The van der Waals surface area contributed by atoms with Crippen LogP contribution in [0.2, 0.25) is 0 Å². The van der Waals surface area contributed by atoms with Gasteiger partial charge in [0.05, 0.1) is 6.61 Å². The van der Waals surface area contributed by atoms with E-state index in [1.165, 1.54) is 5.56 Å². The second kappa shape index (κ2) is 5.30. The van der Waals surface area contributed by atoms with Crippen LogP contribution in [0, 0.1) is 0 Å². The van der Waals surface area contributed by atoms with Crippen molar-refractivity contribution in [3.05, 3.63) is 34.3 Å². The molecule has 0 aliphatic rings. The normalized spacial score (nSPS) is 10.2. The van der Waals surface area contributed by atoms with Crippen molar-refractivity contribution in [1.82, 2.24) is 0 Å². The molecule has 1 aromatic rings. The van der Waals surface area contributed by atoms with Crippen LogP contribution in [0.5, 0.6) is 0 Å². The molecule has 0 saturated carbocycles. The molecule has 2 nitrogen and oxygen atoms in total. The summed E-state index contributed by atoms with van der Waals surface area (Å²) < 4.78 is 1.15. The van der Waals surface area contributed by atoms with E-state index in [1.54, 1.807) is 0 Å². The minimum absolute atomic E-state index is 0.612. The monoisotopic (exact) mass is 229 g/mol. The van der Waals surface area contributed by atoms with Crippen molar-refractivity contribution in [1.29, 1.82) is 0 Å². The first kappa shape index (κ1) is 9.71. The molecule has 66 valence electrons. The van der Waals surface area contributed by atoms with Crippen molar-refractivity contribution in [2.24, 2.45) is 5.90 Å². The fourth-order valence-corrected chi connectivity index (χ4v) is 1.53. The zero-order valence-electron chi connectivity index (χ0n) is 6.79. The van der Waals surface area contributed by atoms with E-state index in [1.807, 2.05) is 18.2 Å². The molecule has 0 radical (unpaired) electrons. The van der Waals surface area contributed by atoms with Crippen LogP contribution in [0.15, 0.2) is 28.7 Å². The first-order valence-corrected chi connectivity index (χ1v) is 4.69. The molecule has 0 saturated heterocycles. The van der Waals surface area contributed by atoms with Crippen LogP contribution >= 0.6 is 15.9 Å². The van der Waals surface area contributed by atoms with Crippen LogP contribution in [-0.4, -0.2) is 6.61 Å². The van der Waals surface area contributed by atoms with Crippen LogP contribution in [0.25, 0.3) is 0 Å². The average Bonchev–Trinajstić information content (AvgIpc) is 2.09. The number of hydrogen-bond acceptors (Lipinski definition) is 2. The van der Waals surface area contributed by atoms with E-state index in [-0.39, 0.29) is 0 Å². The van der Waals surface area contributed by atoms with Gasteiger partial charge >= 0.3 is 0 Å². The molecule has 2 N–H and O–H groups in total. The molecular weight excluding hydrogens is 218 g/mol. The lowest BCUT2D eigenvalue weighted by molar-refractivity contribution is 0.135. The molecule has 0 unspecified atom stereocenters. The Hall–Kier alpha value is -0.380. The number of hydrogen-bond donors (Lipinski definition) is 1. The van der Waals surface area contributed by atoms with E-state index in [0.29, 0.717) is 6.61 Å². The molecule has 1 aromatic carbocycles. The first-order valence-electron chi connectivity index (χ1n) is 3.89. The summed E-state index contributed by atoms with van der Waals surface area (Å²) in [5, 5.41) is 0. The summed E-state index contributed by atoms with van der Waals surface area (Å²) in [5.41, 5.74) is 1.30. The summed E-state index contributed by atoms with van der Waals surface area (Å²) in [4.78, 5) is 4.49. The van der Waals surface area contributed by atoms with Gasteiger partial charge in [-0.2, -0.15) is 0 Å². The predicted octanol–water partition coefficient (Wildman–Crippen LogP) is 2.27. The number of nitrogens with two attached hydrogens (primary N) is 1. The fraction of sp³-hybridized carbons (Fsp3) is 0.333. The summed E-state index contributed by atoms with van der Waals surface area (Å²) in [6.07, 6.45) is 1.96. The minimum Gasteiger partial charge on any atom is -0.305 e. The van der Waals surface area contributed by atoms with Crippen molar-refractivity contribution in [2.75, 3.05) is 6.61 Å². The molecule has 0 aliphatic carbocycles. The molecule has 1 rings (SSSR count). The van der Waals surface area contributed by atoms with Gasteiger partial charge in [-0.25, -0.2) is 5.90 Å². The lowest BCUT2D eigenvalue weighted by Gasteiger charge is -2.02. The van der Waals surface area contributed by atoms with Gasteiger partial charge < -0.3 is 4.84 Å². The largest absolute Gasteiger partial charge is 0.305 e. The molecule has 0 atom stereocenters. The van der Waals surface area contributed by atoms with Gasteiger partial charge in [-0.1, -0.05) is 34.1 Å². The van der Waals surface area contributed by atoms with Crippen LogP contribution < -0.4 is 5.90 Å². The van der Waals surface area contributed by atoms with Crippen molar-refractivity contribution < 1.29 is 4.84 Å². The molecule has 0 bridgehead atoms. The molecular formula is C9H12BrNO. The third-order valence-corrected chi connectivity index (χ3v) is 2.44. The Bertz CT molecular complexity index is 240. The van der Waals surface area contributed by atoms with Crippen LogP contribution in [0.3, 0.4) is 0 Å². The van der Waals surface area contributed by atoms with Gasteiger partial charge in [0.15, 0.2) is 0 Å². The summed E-state index contributed by atoms with van der Waals surface area (Å²) in [6, 6.07) is 8.18. The van der Waals surface area contributed by atoms with E-state index >= 15 is 0 Å². The van der Waals surface area contributed by atoms with Crippen molar-refractivity contribution in [3.8, 4) is 0 Å². The van der Waals surface area contributed by atoms with Crippen molar-refractivity contribution >= 4 is 15.9 Å². The highest BCUT2D eigenvalue weighted by Gasteiger charge is 1.96. The molecule has 3 heteroatoms. The summed E-state index contributed by atoms with van der Waals surface area (Å²) >= 11 is 3.48. The highest BCUT2D eigenvalue weighted by molar-refractivity contribution is 9.10. The van der Waals surface area contributed by atoms with Gasteiger partial charge in [0.2, 0.25) is 0 Å². The van der Waals surface area contributed by atoms with E-state index in [4.69, 9.17) is 5.90 Å². The topological polar surface area (TPSA) is 35.2 Å². The maximum Gasteiger partial charge on any atom is 0.0682 e. The van der Waals surface area contributed by atoms with Crippen molar-refractivity contribution in [3.63, 3.8) is 0 Å². The maximum absolute atomic E-state index is 4.92. The molecule has 0 aliphatic heterocycles. The standard InChI is InChI=1S/C9H12BrNO/c10-9-6-2-1-4-8(9)5-3-7-12-11/h1-2,4,6H,3,5,7,11H2. The molecule has 0 spiro atoms. The Morgan fingerprint density at radius 1 is 1.33 bits per heavy atom. The number of aryl methyl sites for hydroxylation is 1. The smallest absolute Gasteiger partial charge is 0.0682 e. The summed E-state index contributed by atoms with van der Waals surface area (Å²) in [5.74, 6) is 4.92. The van der Waals surface area contributed by atoms with Gasteiger partial charge in [-0.05, 0) is 24.5 Å². The van der Waals surface area contributed by atoms with Crippen molar-refractivity contribution in [2.45, 2.75) is 12.8 Å². The SMILES string of the molecule is NOCCCc1ccccc1Br. The predicted molar refractivity (Wildman–Crippen MR) is 52.6 cm³/mol. The van der Waals surface area contributed by atoms with Gasteiger partial charge in [0.25, 0.3) is 0 Å². The van der Waals surface area contributed by atoms with Crippen LogP contribution in [0.1, 0.15) is 12.0 Å². The first-order chi connectivity index (χ1) is 5.84. The molecule has 0 amide bonds. The summed E-state index contributed by atoms with van der Waals surface area (Å²) in [7, 11) is 0.